The van der Waals surface area contributed by atoms with E-state index in [1.165, 1.54) is 5.56 Å². The molecule has 0 aliphatic carbocycles. The maximum Gasteiger partial charge on any atom is 0.133 e. The summed E-state index contributed by atoms with van der Waals surface area (Å²) in [6, 6.07) is 10.1. The van der Waals surface area contributed by atoms with Gasteiger partial charge in [-0.25, -0.2) is 0 Å². The van der Waals surface area contributed by atoms with Gasteiger partial charge in [-0.1, -0.05) is 30.3 Å². The lowest BCUT2D eigenvalue weighted by atomic mass is 10.1. The Kier molecular flexibility index (Phi) is 6.06. The fraction of sp³-hybridized carbons (Fsp3) is 0.562. The van der Waals surface area contributed by atoms with Crippen LogP contribution in [0.4, 0.5) is 0 Å². The van der Waals surface area contributed by atoms with E-state index in [0.29, 0.717) is 25.2 Å². The van der Waals surface area contributed by atoms with Crippen LogP contribution in [-0.2, 0) is 16.0 Å². The quantitative estimate of drug-likeness (QED) is 0.686. The molecule has 0 saturated heterocycles. The Morgan fingerprint density at radius 1 is 1.11 bits per heavy atom. The van der Waals surface area contributed by atoms with E-state index in [9.17, 15) is 4.79 Å². The zero-order valence-corrected chi connectivity index (χ0v) is 11.7. The molecule has 2 heteroatoms. The molecular weight excluding hydrogens is 224 g/mol. The van der Waals surface area contributed by atoms with Gasteiger partial charge in [-0.05, 0) is 39.2 Å². The Hall–Kier alpha value is -1.15. The van der Waals surface area contributed by atoms with Crippen molar-refractivity contribution in [1.29, 1.82) is 0 Å². The summed E-state index contributed by atoms with van der Waals surface area (Å²) in [6.45, 7) is 6.76. The Balaban J connectivity index is 2.11. The molecule has 0 amide bonds. The molecule has 0 saturated carbocycles. The van der Waals surface area contributed by atoms with Crippen LogP contribution < -0.4 is 0 Å². The number of Topliss-reactive ketones (excluding diaryl/α,β-unsaturated/α-hetero) is 1. The minimum atomic E-state index is -0.104. The van der Waals surface area contributed by atoms with E-state index in [1.54, 1.807) is 0 Å². The van der Waals surface area contributed by atoms with Gasteiger partial charge in [0.1, 0.15) is 5.78 Å². The molecule has 0 heterocycles. The average Bonchev–Trinajstić information content (AvgIpc) is 2.32. The predicted octanol–water partition coefficient (Wildman–Crippen LogP) is 3.78. The first-order valence-corrected chi connectivity index (χ1v) is 6.67. The first-order valence-electron chi connectivity index (χ1n) is 6.67. The van der Waals surface area contributed by atoms with E-state index in [2.05, 4.69) is 12.1 Å². The van der Waals surface area contributed by atoms with E-state index >= 15 is 0 Å². The van der Waals surface area contributed by atoms with Gasteiger partial charge in [-0.3, -0.25) is 4.79 Å². The van der Waals surface area contributed by atoms with E-state index in [0.717, 1.165) is 12.8 Å². The fourth-order valence-corrected chi connectivity index (χ4v) is 1.70. The van der Waals surface area contributed by atoms with Gasteiger partial charge in [0.25, 0.3) is 0 Å². The highest BCUT2D eigenvalue weighted by Gasteiger charge is 2.10. The first kappa shape index (κ1) is 14.9. The SMILES string of the molecule is CC(C)(C)OCCCC(=O)CCc1ccccc1. The number of carbonyl (C=O) groups is 1. The molecule has 1 rings (SSSR count). The van der Waals surface area contributed by atoms with Gasteiger partial charge >= 0.3 is 0 Å². The smallest absolute Gasteiger partial charge is 0.133 e. The molecule has 1 aromatic carbocycles. The fourth-order valence-electron chi connectivity index (χ4n) is 1.70. The molecule has 0 aliphatic heterocycles. The third-order valence-corrected chi connectivity index (χ3v) is 2.67. The molecule has 0 aliphatic rings. The number of ketones is 1. The van der Waals surface area contributed by atoms with Crippen LogP contribution in [0.1, 0.15) is 45.6 Å². The van der Waals surface area contributed by atoms with Crippen molar-refractivity contribution in [2.75, 3.05) is 6.61 Å². The van der Waals surface area contributed by atoms with E-state index < -0.39 is 0 Å². The number of hydrogen-bond donors (Lipinski definition) is 0. The predicted molar refractivity (Wildman–Crippen MR) is 74.7 cm³/mol. The second-order valence-corrected chi connectivity index (χ2v) is 5.59. The van der Waals surface area contributed by atoms with Gasteiger partial charge in [0.05, 0.1) is 5.60 Å². The van der Waals surface area contributed by atoms with Crippen molar-refractivity contribution in [3.8, 4) is 0 Å². The van der Waals surface area contributed by atoms with Crippen LogP contribution in [0, 0.1) is 0 Å². The zero-order chi connectivity index (χ0) is 13.4. The largest absolute Gasteiger partial charge is 0.376 e. The molecule has 100 valence electrons. The summed E-state index contributed by atoms with van der Waals surface area (Å²) >= 11 is 0. The Bertz CT molecular complexity index is 349. The van der Waals surface area contributed by atoms with Crippen LogP contribution in [0.15, 0.2) is 30.3 Å². The molecule has 0 spiro atoms. The van der Waals surface area contributed by atoms with Crippen molar-refractivity contribution in [1.82, 2.24) is 0 Å². The van der Waals surface area contributed by atoms with Gasteiger partial charge in [0, 0.05) is 19.4 Å². The minimum absolute atomic E-state index is 0.104. The summed E-state index contributed by atoms with van der Waals surface area (Å²) in [5.74, 6) is 0.330. The van der Waals surface area contributed by atoms with Crippen LogP contribution >= 0.6 is 0 Å². The molecule has 0 radical (unpaired) electrons. The van der Waals surface area contributed by atoms with E-state index in [-0.39, 0.29) is 5.60 Å². The average molecular weight is 248 g/mol. The number of hydrogen-bond acceptors (Lipinski definition) is 2. The van der Waals surface area contributed by atoms with Crippen LogP contribution in [0.2, 0.25) is 0 Å². The molecule has 0 N–H and O–H groups in total. The van der Waals surface area contributed by atoms with Crippen LogP contribution in [0.5, 0.6) is 0 Å². The lowest BCUT2D eigenvalue weighted by Gasteiger charge is -2.19. The summed E-state index contributed by atoms with van der Waals surface area (Å²) < 4.78 is 5.59. The maximum absolute atomic E-state index is 11.7. The molecule has 2 nitrogen and oxygen atoms in total. The first-order chi connectivity index (χ1) is 8.47. The van der Waals surface area contributed by atoms with E-state index in [1.807, 2.05) is 39.0 Å². The third-order valence-electron chi connectivity index (χ3n) is 2.67. The standard InChI is InChI=1S/C16H24O2/c1-16(2,3)18-13-7-10-15(17)12-11-14-8-5-4-6-9-14/h4-6,8-9H,7,10-13H2,1-3H3. The molecule has 0 bridgehead atoms. The number of benzene rings is 1. The van der Waals surface area contributed by atoms with Crippen molar-refractivity contribution in [2.45, 2.75) is 52.1 Å². The number of aryl methyl sites for hydroxylation is 1. The van der Waals surface area contributed by atoms with Gasteiger partial charge in [0.15, 0.2) is 0 Å². The zero-order valence-electron chi connectivity index (χ0n) is 11.7. The van der Waals surface area contributed by atoms with Gasteiger partial charge in [-0.15, -0.1) is 0 Å². The molecule has 18 heavy (non-hydrogen) atoms. The van der Waals surface area contributed by atoms with Gasteiger partial charge < -0.3 is 4.74 Å². The van der Waals surface area contributed by atoms with Crippen LogP contribution in [-0.4, -0.2) is 18.0 Å². The highest BCUT2D eigenvalue weighted by molar-refractivity contribution is 5.78. The normalized spacial score (nSPS) is 11.5. The molecular formula is C16H24O2. The highest BCUT2D eigenvalue weighted by Crippen LogP contribution is 2.09. The minimum Gasteiger partial charge on any atom is -0.376 e. The third kappa shape index (κ3) is 7.23. The number of rotatable bonds is 7. The summed E-state index contributed by atoms with van der Waals surface area (Å²) in [4.78, 5) is 11.7. The lowest BCUT2D eigenvalue weighted by Crippen LogP contribution is -2.20. The van der Waals surface area contributed by atoms with Crippen molar-refractivity contribution in [3.63, 3.8) is 0 Å². The van der Waals surface area contributed by atoms with E-state index in [4.69, 9.17) is 4.74 Å². The maximum atomic E-state index is 11.7. The van der Waals surface area contributed by atoms with Crippen molar-refractivity contribution in [2.24, 2.45) is 0 Å². The lowest BCUT2D eigenvalue weighted by molar-refractivity contribution is -0.119. The van der Waals surface area contributed by atoms with Gasteiger partial charge in [-0.2, -0.15) is 0 Å². The number of carbonyl (C=O) groups excluding carboxylic acids is 1. The van der Waals surface area contributed by atoms with Crippen molar-refractivity contribution in [3.05, 3.63) is 35.9 Å². The molecule has 0 unspecified atom stereocenters. The number of ether oxygens (including phenoxy) is 1. The monoisotopic (exact) mass is 248 g/mol. The Labute approximate surface area is 110 Å². The molecule has 1 aromatic rings. The van der Waals surface area contributed by atoms with Crippen LogP contribution in [0.3, 0.4) is 0 Å². The second-order valence-electron chi connectivity index (χ2n) is 5.59. The highest BCUT2D eigenvalue weighted by atomic mass is 16.5. The van der Waals surface area contributed by atoms with Crippen molar-refractivity contribution < 1.29 is 9.53 Å². The van der Waals surface area contributed by atoms with Crippen molar-refractivity contribution >= 4 is 5.78 Å². The summed E-state index contributed by atoms with van der Waals surface area (Å²) in [5.41, 5.74) is 1.13. The summed E-state index contributed by atoms with van der Waals surface area (Å²) in [7, 11) is 0. The summed E-state index contributed by atoms with van der Waals surface area (Å²) in [6.07, 6.45) is 2.94. The van der Waals surface area contributed by atoms with Crippen LogP contribution in [0.25, 0.3) is 0 Å². The summed E-state index contributed by atoms with van der Waals surface area (Å²) in [5, 5.41) is 0. The van der Waals surface area contributed by atoms with Gasteiger partial charge in [0.2, 0.25) is 0 Å². The molecule has 0 aromatic heterocycles. The molecule has 0 fully saturated rings. The molecule has 0 atom stereocenters. The Morgan fingerprint density at radius 3 is 2.39 bits per heavy atom. The topological polar surface area (TPSA) is 26.3 Å². The Morgan fingerprint density at radius 2 is 1.78 bits per heavy atom. The second kappa shape index (κ2) is 7.32.